The summed E-state index contributed by atoms with van der Waals surface area (Å²) < 4.78 is 16.9. The van der Waals surface area contributed by atoms with Crippen LogP contribution in [0.1, 0.15) is 342 Å². The molecule has 0 saturated carbocycles. The molecule has 0 aromatic rings. The normalized spacial score (nSPS) is 12.3. The first-order valence-corrected chi connectivity index (χ1v) is 32.1. The average Bonchev–Trinajstić information content (AvgIpc) is 3.39. The predicted molar refractivity (Wildman–Crippen MR) is 316 cm³/mol. The summed E-state index contributed by atoms with van der Waals surface area (Å²) in [6, 6.07) is 0. The molecule has 0 aliphatic rings. The van der Waals surface area contributed by atoms with Crippen molar-refractivity contribution in [2.45, 2.75) is 348 Å². The van der Waals surface area contributed by atoms with E-state index in [1.165, 1.54) is 218 Å². The first-order chi connectivity index (χ1) is 36.0. The van der Waals surface area contributed by atoms with Gasteiger partial charge in [-0.25, -0.2) is 0 Å². The minimum Gasteiger partial charge on any atom is -0.462 e. The molecule has 0 radical (unpaired) electrons. The van der Waals surface area contributed by atoms with Gasteiger partial charge in [0, 0.05) is 19.3 Å². The first kappa shape index (κ1) is 70.4. The van der Waals surface area contributed by atoms with Gasteiger partial charge < -0.3 is 14.2 Å². The zero-order chi connectivity index (χ0) is 52.9. The highest BCUT2D eigenvalue weighted by Gasteiger charge is 2.19. The van der Waals surface area contributed by atoms with Crippen LogP contribution in [0.4, 0.5) is 0 Å². The molecule has 0 spiro atoms. The van der Waals surface area contributed by atoms with E-state index in [1.807, 2.05) is 0 Å². The Morgan fingerprint density at radius 2 is 0.534 bits per heavy atom. The van der Waals surface area contributed by atoms with Crippen molar-refractivity contribution < 1.29 is 28.6 Å². The van der Waals surface area contributed by atoms with Gasteiger partial charge in [0.15, 0.2) is 6.10 Å². The second kappa shape index (κ2) is 61.9. The lowest BCUT2D eigenvalue weighted by Gasteiger charge is -2.18. The van der Waals surface area contributed by atoms with Crippen molar-refractivity contribution in [2.24, 2.45) is 0 Å². The van der Waals surface area contributed by atoms with E-state index in [0.717, 1.165) is 83.5 Å². The molecule has 0 saturated heterocycles. The molecule has 0 rings (SSSR count). The molecule has 0 N–H and O–H groups in total. The fraction of sp³-hybridized carbons (Fsp3) is 0.836. The fourth-order valence-corrected chi connectivity index (χ4v) is 9.56. The van der Waals surface area contributed by atoms with Gasteiger partial charge in [-0.3, -0.25) is 14.4 Å². The molecule has 0 aromatic carbocycles. The Labute approximate surface area is 454 Å². The minimum absolute atomic E-state index is 0.0813. The molecule has 0 aromatic heterocycles. The molecule has 6 heteroatoms. The van der Waals surface area contributed by atoms with Gasteiger partial charge in [0.1, 0.15) is 13.2 Å². The van der Waals surface area contributed by atoms with E-state index >= 15 is 0 Å². The van der Waals surface area contributed by atoms with E-state index in [4.69, 9.17) is 14.2 Å². The van der Waals surface area contributed by atoms with Crippen molar-refractivity contribution in [2.75, 3.05) is 13.2 Å². The number of unbranched alkanes of at least 4 members (excludes halogenated alkanes) is 40. The van der Waals surface area contributed by atoms with Crippen LogP contribution in [0.15, 0.2) is 48.6 Å². The summed E-state index contributed by atoms with van der Waals surface area (Å²) in [5.41, 5.74) is 0. The van der Waals surface area contributed by atoms with Gasteiger partial charge in [-0.1, -0.05) is 313 Å². The summed E-state index contributed by atoms with van der Waals surface area (Å²) in [6.45, 7) is 6.55. The summed E-state index contributed by atoms with van der Waals surface area (Å²) >= 11 is 0. The molecule has 426 valence electrons. The molecule has 0 heterocycles. The number of carbonyl (C=O) groups is 3. The lowest BCUT2D eigenvalue weighted by molar-refractivity contribution is -0.167. The summed E-state index contributed by atoms with van der Waals surface area (Å²) in [7, 11) is 0. The van der Waals surface area contributed by atoms with Crippen molar-refractivity contribution >= 4 is 17.9 Å². The van der Waals surface area contributed by atoms with Crippen molar-refractivity contribution in [1.29, 1.82) is 0 Å². The van der Waals surface area contributed by atoms with Crippen LogP contribution in [-0.4, -0.2) is 37.2 Å². The van der Waals surface area contributed by atoms with Crippen LogP contribution in [0.25, 0.3) is 0 Å². The van der Waals surface area contributed by atoms with Gasteiger partial charge in [0.05, 0.1) is 0 Å². The molecular formula is C67H122O6. The number of hydrogen-bond acceptors (Lipinski definition) is 6. The standard InChI is InChI=1S/C67H122O6/c1-4-7-10-13-16-19-22-25-28-30-31-32-33-34-35-37-39-42-45-48-51-54-57-60-66(69)72-63-64(62-71-65(68)59-56-53-50-47-44-41-38-27-24-21-18-15-12-9-6-3)73-67(70)61-58-55-52-49-46-43-40-36-29-26-23-20-17-14-11-8-5-2/h9,12,18,21,27,38,44,47,64H,4-8,10-11,13-17,19-20,22-26,28-37,39-43,45-46,48-63H2,1-3H3/b12-9-,21-18-,38-27-,47-44-. The third kappa shape index (κ3) is 60.1. The Kier molecular flexibility index (Phi) is 59.7. The van der Waals surface area contributed by atoms with Crippen LogP contribution in [0.2, 0.25) is 0 Å². The number of esters is 3. The molecule has 1 atom stereocenters. The largest absolute Gasteiger partial charge is 0.462 e. The molecule has 0 aliphatic carbocycles. The molecule has 73 heavy (non-hydrogen) atoms. The SMILES string of the molecule is CC/C=C\C/C=C\C/C=C\C/C=C\CCCCC(=O)OCC(COC(=O)CCCCCCCCCCCCCCCCCCCCCCCCC)OC(=O)CCCCCCCCCCCCCCCCCCC. The topological polar surface area (TPSA) is 78.9 Å². The Hall–Kier alpha value is -2.63. The lowest BCUT2D eigenvalue weighted by atomic mass is 10.0. The Balaban J connectivity index is 4.31. The van der Waals surface area contributed by atoms with Crippen molar-refractivity contribution in [3.8, 4) is 0 Å². The molecular weight excluding hydrogens is 901 g/mol. The van der Waals surface area contributed by atoms with Gasteiger partial charge in [0.2, 0.25) is 0 Å². The zero-order valence-electron chi connectivity index (χ0n) is 48.9. The minimum atomic E-state index is -0.787. The van der Waals surface area contributed by atoms with Crippen molar-refractivity contribution in [3.05, 3.63) is 48.6 Å². The molecule has 0 amide bonds. The summed E-state index contributed by atoms with van der Waals surface area (Å²) in [5, 5.41) is 0. The maximum atomic E-state index is 12.9. The van der Waals surface area contributed by atoms with E-state index in [9.17, 15) is 14.4 Å². The van der Waals surface area contributed by atoms with E-state index in [2.05, 4.69) is 69.4 Å². The summed E-state index contributed by atoms with van der Waals surface area (Å²) in [6.07, 6.45) is 77.0. The molecule has 1 unspecified atom stereocenters. The highest BCUT2D eigenvalue weighted by molar-refractivity contribution is 5.71. The van der Waals surface area contributed by atoms with E-state index in [0.29, 0.717) is 19.3 Å². The van der Waals surface area contributed by atoms with Gasteiger partial charge in [-0.15, -0.1) is 0 Å². The first-order valence-electron chi connectivity index (χ1n) is 32.1. The van der Waals surface area contributed by atoms with E-state index in [-0.39, 0.29) is 31.1 Å². The monoisotopic (exact) mass is 1020 g/mol. The Bertz CT molecular complexity index is 1270. The van der Waals surface area contributed by atoms with Crippen LogP contribution < -0.4 is 0 Å². The molecule has 0 fully saturated rings. The van der Waals surface area contributed by atoms with Crippen LogP contribution in [0.3, 0.4) is 0 Å². The quantitative estimate of drug-likeness (QED) is 0.0261. The Morgan fingerprint density at radius 3 is 0.836 bits per heavy atom. The van der Waals surface area contributed by atoms with Gasteiger partial charge >= 0.3 is 17.9 Å². The third-order valence-electron chi connectivity index (χ3n) is 14.3. The van der Waals surface area contributed by atoms with Gasteiger partial charge in [-0.05, 0) is 57.8 Å². The zero-order valence-corrected chi connectivity index (χ0v) is 48.9. The van der Waals surface area contributed by atoms with Crippen LogP contribution >= 0.6 is 0 Å². The lowest BCUT2D eigenvalue weighted by Crippen LogP contribution is -2.30. The second-order valence-corrected chi connectivity index (χ2v) is 21.7. The van der Waals surface area contributed by atoms with Crippen LogP contribution in [-0.2, 0) is 28.6 Å². The maximum absolute atomic E-state index is 12.9. The molecule has 0 aliphatic heterocycles. The van der Waals surface area contributed by atoms with Crippen LogP contribution in [0.5, 0.6) is 0 Å². The Morgan fingerprint density at radius 1 is 0.288 bits per heavy atom. The maximum Gasteiger partial charge on any atom is 0.306 e. The number of rotatable bonds is 59. The average molecular weight is 1020 g/mol. The number of hydrogen-bond donors (Lipinski definition) is 0. The molecule has 0 bridgehead atoms. The number of allylic oxidation sites excluding steroid dienone is 8. The highest BCUT2D eigenvalue weighted by atomic mass is 16.6. The fourth-order valence-electron chi connectivity index (χ4n) is 9.56. The van der Waals surface area contributed by atoms with Crippen molar-refractivity contribution in [1.82, 2.24) is 0 Å². The number of carbonyl (C=O) groups excluding carboxylic acids is 3. The third-order valence-corrected chi connectivity index (χ3v) is 14.3. The van der Waals surface area contributed by atoms with Gasteiger partial charge in [-0.2, -0.15) is 0 Å². The van der Waals surface area contributed by atoms with Gasteiger partial charge in [0.25, 0.3) is 0 Å². The van der Waals surface area contributed by atoms with E-state index < -0.39 is 6.10 Å². The predicted octanol–water partition coefficient (Wildman–Crippen LogP) is 21.8. The van der Waals surface area contributed by atoms with Crippen LogP contribution in [0, 0.1) is 0 Å². The second-order valence-electron chi connectivity index (χ2n) is 21.7. The van der Waals surface area contributed by atoms with Crippen molar-refractivity contribution in [3.63, 3.8) is 0 Å². The summed E-state index contributed by atoms with van der Waals surface area (Å²) in [5.74, 6) is -0.901. The van der Waals surface area contributed by atoms with E-state index in [1.54, 1.807) is 0 Å². The smallest absolute Gasteiger partial charge is 0.306 e. The number of ether oxygens (including phenoxy) is 3. The highest BCUT2D eigenvalue weighted by Crippen LogP contribution is 2.18. The summed E-state index contributed by atoms with van der Waals surface area (Å²) in [4.78, 5) is 38.3. The molecule has 6 nitrogen and oxygen atoms in total.